The van der Waals surface area contributed by atoms with Gasteiger partial charge in [-0.3, -0.25) is 8.87 Å². The molecule has 5 aromatic rings. The number of fused-ring (bicyclic) bond motifs is 4. The van der Waals surface area contributed by atoms with Gasteiger partial charge >= 0.3 is 12.3 Å². The van der Waals surface area contributed by atoms with Gasteiger partial charge < -0.3 is 10.1 Å². The van der Waals surface area contributed by atoms with Crippen LogP contribution in [0, 0.1) is 6.92 Å². The number of benzene rings is 3. The van der Waals surface area contributed by atoms with E-state index in [1.807, 2.05) is 49.4 Å². The van der Waals surface area contributed by atoms with Crippen molar-refractivity contribution in [2.45, 2.75) is 56.2 Å². The predicted molar refractivity (Wildman–Crippen MR) is 152 cm³/mol. The van der Waals surface area contributed by atoms with Crippen LogP contribution >= 0.6 is 0 Å². The highest BCUT2D eigenvalue weighted by atomic mass is 32.2. The van der Waals surface area contributed by atoms with Gasteiger partial charge in [-0.15, -0.1) is 0 Å². The van der Waals surface area contributed by atoms with Crippen LogP contribution in [0.15, 0.2) is 77.7 Å². The number of aromatic amines is 1. The van der Waals surface area contributed by atoms with Crippen LogP contribution in [-0.2, 0) is 24.0 Å². The van der Waals surface area contributed by atoms with Gasteiger partial charge in [0.1, 0.15) is 0 Å². The Morgan fingerprint density at radius 2 is 1.80 bits per heavy atom. The Morgan fingerprint density at radius 1 is 1.07 bits per heavy atom. The van der Waals surface area contributed by atoms with Crippen molar-refractivity contribution in [1.29, 1.82) is 0 Å². The van der Waals surface area contributed by atoms with Crippen LogP contribution < -0.4 is 0 Å². The summed E-state index contributed by atoms with van der Waals surface area (Å²) in [4.78, 5) is 5.39. The lowest BCUT2D eigenvalue weighted by Crippen LogP contribution is -2.50. The molecule has 2 unspecified atom stereocenters. The molecule has 0 spiro atoms. The number of aliphatic hydroxyl groups is 1. The number of aliphatic hydroxyl groups excluding tert-OH is 1. The molecule has 1 aliphatic rings. The van der Waals surface area contributed by atoms with Crippen LogP contribution in [0.3, 0.4) is 0 Å². The number of aryl methyl sites for hydroxylation is 1. The van der Waals surface area contributed by atoms with Gasteiger partial charge in [-0.2, -0.15) is 8.78 Å². The zero-order valence-electron chi connectivity index (χ0n) is 22.5. The van der Waals surface area contributed by atoms with E-state index >= 15 is 0 Å². The normalized spacial score (nSPS) is 18.8. The standard InChI is InChI=1S/C31H29F4N3O2S/c1-18-7-10-23(11-8-18)41(40)38-22(16-39)15-21-14-20(9-12-27(21)38)29-28-25(24-5-3-4-6-26(24)36-28)13-19(2)37(29)17-31(34,35)30(32)33/h3-12,14-15,19,29-30,36,39H,13,16-17H2,1-2H3/t19?,29-,41?/m1/s1. The third kappa shape index (κ3) is 4.77. The first-order chi connectivity index (χ1) is 19.6. The zero-order chi connectivity index (χ0) is 29.1. The first-order valence-corrected chi connectivity index (χ1v) is 14.4. The summed E-state index contributed by atoms with van der Waals surface area (Å²) in [5.74, 6) is -4.20. The van der Waals surface area contributed by atoms with Crippen LogP contribution in [-0.4, -0.2) is 48.1 Å². The Balaban J connectivity index is 1.50. The molecule has 0 fully saturated rings. The second-order valence-corrected chi connectivity index (χ2v) is 12.1. The van der Waals surface area contributed by atoms with Crippen LogP contribution in [0.4, 0.5) is 17.6 Å². The van der Waals surface area contributed by atoms with Gasteiger partial charge in [0.25, 0.3) is 0 Å². The molecule has 3 heterocycles. The molecule has 0 amide bonds. The van der Waals surface area contributed by atoms with E-state index in [-0.39, 0.29) is 6.61 Å². The van der Waals surface area contributed by atoms with Crippen LogP contribution in [0.2, 0.25) is 0 Å². The summed E-state index contributed by atoms with van der Waals surface area (Å²) in [6.45, 7) is 2.25. The fourth-order valence-electron chi connectivity index (χ4n) is 5.93. The highest BCUT2D eigenvalue weighted by Gasteiger charge is 2.47. The van der Waals surface area contributed by atoms with Crippen molar-refractivity contribution in [3.8, 4) is 0 Å². The SMILES string of the molecule is Cc1ccc(S(=O)n2c(CO)cc3cc([C@@H]4c5[nH]c6ccccc6c5CC(C)N4CC(F)(F)C(F)F)ccc32)cc1. The Hall–Kier alpha value is -3.47. The topological polar surface area (TPSA) is 61.3 Å². The second-order valence-electron chi connectivity index (χ2n) is 10.7. The number of nitrogens with zero attached hydrogens (tertiary/aromatic N) is 2. The second kappa shape index (κ2) is 10.4. The number of H-pyrrole nitrogens is 1. The summed E-state index contributed by atoms with van der Waals surface area (Å²) >= 11 is 0. The highest BCUT2D eigenvalue weighted by molar-refractivity contribution is 7.83. The largest absolute Gasteiger partial charge is 0.390 e. The van der Waals surface area contributed by atoms with E-state index in [0.29, 0.717) is 39.2 Å². The van der Waals surface area contributed by atoms with Crippen LogP contribution in [0.25, 0.3) is 21.8 Å². The summed E-state index contributed by atoms with van der Waals surface area (Å²) in [6.07, 6.45) is -3.36. The van der Waals surface area contributed by atoms with Crippen molar-refractivity contribution in [2.75, 3.05) is 6.54 Å². The Labute approximate surface area is 237 Å². The van der Waals surface area contributed by atoms with E-state index in [1.165, 1.54) is 4.90 Å². The van der Waals surface area contributed by atoms with Gasteiger partial charge in [0.05, 0.1) is 35.3 Å². The molecule has 1 aliphatic heterocycles. The maximum atomic E-state index is 14.5. The number of para-hydroxylation sites is 1. The van der Waals surface area contributed by atoms with Crippen molar-refractivity contribution in [3.63, 3.8) is 0 Å². The molecule has 214 valence electrons. The van der Waals surface area contributed by atoms with Gasteiger partial charge in [-0.05, 0) is 67.8 Å². The number of halogens is 4. The highest BCUT2D eigenvalue weighted by Crippen LogP contribution is 2.43. The third-order valence-electron chi connectivity index (χ3n) is 7.95. The van der Waals surface area contributed by atoms with Gasteiger partial charge in [0.15, 0.2) is 11.0 Å². The minimum atomic E-state index is -4.20. The molecule has 0 radical (unpaired) electrons. The average Bonchev–Trinajstić information content (AvgIpc) is 3.50. The zero-order valence-corrected chi connectivity index (χ0v) is 23.3. The predicted octanol–water partition coefficient (Wildman–Crippen LogP) is 6.73. The van der Waals surface area contributed by atoms with E-state index in [4.69, 9.17) is 0 Å². The molecule has 3 atom stereocenters. The number of aromatic nitrogens is 2. The molecular weight excluding hydrogens is 554 g/mol. The Kier molecular flexibility index (Phi) is 7.04. The smallest absolute Gasteiger partial charge is 0.319 e. The van der Waals surface area contributed by atoms with E-state index in [0.717, 1.165) is 22.0 Å². The molecular formula is C31H29F4N3O2S. The van der Waals surface area contributed by atoms with E-state index in [2.05, 4.69) is 4.98 Å². The third-order valence-corrected chi connectivity index (χ3v) is 9.39. The van der Waals surface area contributed by atoms with Gasteiger partial charge in [-0.1, -0.05) is 42.0 Å². The minimum Gasteiger partial charge on any atom is -0.390 e. The molecule has 5 nitrogen and oxygen atoms in total. The van der Waals surface area contributed by atoms with Crippen molar-refractivity contribution < 1.29 is 26.9 Å². The minimum absolute atomic E-state index is 0.360. The lowest BCUT2D eigenvalue weighted by atomic mass is 9.88. The maximum Gasteiger partial charge on any atom is 0.319 e. The first kappa shape index (κ1) is 27.7. The maximum absolute atomic E-state index is 14.5. The van der Waals surface area contributed by atoms with E-state index < -0.39 is 42.0 Å². The Bertz CT molecular complexity index is 1760. The fourth-order valence-corrected chi connectivity index (χ4v) is 7.18. The lowest BCUT2D eigenvalue weighted by molar-refractivity contribution is -0.150. The monoisotopic (exact) mass is 583 g/mol. The molecule has 0 saturated carbocycles. The Morgan fingerprint density at radius 3 is 2.51 bits per heavy atom. The van der Waals surface area contributed by atoms with E-state index in [9.17, 15) is 26.9 Å². The van der Waals surface area contributed by atoms with Crippen molar-refractivity contribution in [3.05, 3.63) is 101 Å². The fraction of sp³-hybridized carbons (Fsp3) is 0.290. The number of rotatable bonds is 7. The molecule has 41 heavy (non-hydrogen) atoms. The number of nitrogens with one attached hydrogen (secondary N) is 1. The first-order valence-electron chi connectivity index (χ1n) is 13.3. The van der Waals surface area contributed by atoms with Gasteiger partial charge in [0.2, 0.25) is 0 Å². The summed E-state index contributed by atoms with van der Waals surface area (Å²) in [7, 11) is -1.64. The van der Waals surface area contributed by atoms with Crippen LogP contribution in [0.5, 0.6) is 0 Å². The molecule has 2 aromatic heterocycles. The summed E-state index contributed by atoms with van der Waals surface area (Å²) in [5, 5.41) is 11.8. The molecule has 0 saturated heterocycles. The summed E-state index contributed by atoms with van der Waals surface area (Å²) < 4.78 is 71.0. The molecule has 0 bridgehead atoms. The van der Waals surface area contributed by atoms with Crippen molar-refractivity contribution in [2.24, 2.45) is 0 Å². The number of alkyl halides is 4. The summed E-state index contributed by atoms with van der Waals surface area (Å²) in [6, 6.07) is 20.8. The van der Waals surface area contributed by atoms with Gasteiger partial charge in [-0.25, -0.2) is 13.0 Å². The number of hydrogen-bond acceptors (Lipinski definition) is 3. The summed E-state index contributed by atoms with van der Waals surface area (Å²) in [5.41, 5.74) is 5.20. The van der Waals surface area contributed by atoms with Crippen LogP contribution in [0.1, 0.15) is 41.0 Å². The lowest BCUT2D eigenvalue weighted by Gasteiger charge is -2.42. The van der Waals surface area contributed by atoms with E-state index in [1.54, 1.807) is 41.2 Å². The molecule has 10 heteroatoms. The quantitative estimate of drug-likeness (QED) is 0.209. The molecule has 6 rings (SSSR count). The van der Waals surface area contributed by atoms with Crippen molar-refractivity contribution >= 4 is 32.8 Å². The van der Waals surface area contributed by atoms with Gasteiger partial charge in [0, 0.05) is 28.0 Å². The average molecular weight is 584 g/mol. The molecule has 0 aliphatic carbocycles. The van der Waals surface area contributed by atoms with Crippen molar-refractivity contribution in [1.82, 2.24) is 13.9 Å². The molecule has 3 aromatic carbocycles. The number of hydrogen-bond donors (Lipinski definition) is 2. The molecule has 2 N–H and O–H groups in total.